The number of nitrogens with zero attached hydrogens (tertiary/aromatic N) is 1. The molecule has 1 unspecified atom stereocenters. The first-order chi connectivity index (χ1) is 9.77. The van der Waals surface area contributed by atoms with Gasteiger partial charge in [-0.2, -0.15) is 13.2 Å². The third kappa shape index (κ3) is 3.62. The van der Waals surface area contributed by atoms with Crippen LogP contribution in [0, 0.1) is 6.92 Å². The van der Waals surface area contributed by atoms with Crippen LogP contribution in [0.4, 0.5) is 13.2 Å². The average molecular weight is 298 g/mol. The number of carbonyl (C=O) groups excluding carboxylic acids is 1. The molecule has 2 rings (SSSR count). The number of rotatable bonds is 3. The molecule has 0 fully saturated rings. The number of hydrogen-bond acceptors (Lipinski definition) is 3. The maximum atomic E-state index is 12.5. The van der Waals surface area contributed by atoms with Crippen LogP contribution in [0.1, 0.15) is 40.3 Å². The van der Waals surface area contributed by atoms with Crippen molar-refractivity contribution in [2.24, 2.45) is 0 Å². The number of alkyl halides is 3. The number of benzene rings is 1. The Labute approximate surface area is 118 Å². The molecule has 0 bridgehead atoms. The van der Waals surface area contributed by atoms with Crippen LogP contribution in [0.15, 0.2) is 34.9 Å². The summed E-state index contributed by atoms with van der Waals surface area (Å²) < 4.78 is 42.2. The van der Waals surface area contributed by atoms with Crippen LogP contribution in [0.3, 0.4) is 0 Å². The van der Waals surface area contributed by atoms with Gasteiger partial charge in [0.2, 0.25) is 5.76 Å². The van der Waals surface area contributed by atoms with Gasteiger partial charge in [-0.3, -0.25) is 4.79 Å². The summed E-state index contributed by atoms with van der Waals surface area (Å²) in [6.07, 6.45) is -4.37. The van der Waals surface area contributed by atoms with E-state index in [1.165, 1.54) is 18.2 Å². The first kappa shape index (κ1) is 15.1. The lowest BCUT2D eigenvalue weighted by molar-refractivity contribution is -0.137. The monoisotopic (exact) mass is 298 g/mol. The Balaban J connectivity index is 2.06. The van der Waals surface area contributed by atoms with Gasteiger partial charge in [0.25, 0.3) is 5.91 Å². The minimum atomic E-state index is -4.37. The molecule has 0 aliphatic carbocycles. The minimum Gasteiger partial charge on any atom is -0.351 e. The molecule has 0 spiro atoms. The van der Waals surface area contributed by atoms with Crippen molar-refractivity contribution in [3.8, 4) is 0 Å². The van der Waals surface area contributed by atoms with Crippen molar-refractivity contribution in [2.45, 2.75) is 26.1 Å². The van der Waals surface area contributed by atoms with Gasteiger partial charge in [-0.15, -0.1) is 0 Å². The fraction of sp³-hybridized carbons (Fsp3) is 0.286. The highest BCUT2D eigenvalue weighted by Gasteiger charge is 2.30. The molecular formula is C14H13F3N2O2. The van der Waals surface area contributed by atoms with Gasteiger partial charge in [-0.1, -0.05) is 17.3 Å². The zero-order valence-electron chi connectivity index (χ0n) is 11.4. The molecule has 0 saturated carbocycles. The van der Waals surface area contributed by atoms with Gasteiger partial charge in [0, 0.05) is 6.07 Å². The molecule has 1 heterocycles. The van der Waals surface area contributed by atoms with E-state index in [1.54, 1.807) is 13.8 Å². The van der Waals surface area contributed by atoms with Crippen LogP contribution < -0.4 is 5.32 Å². The van der Waals surface area contributed by atoms with Gasteiger partial charge in [0.1, 0.15) is 0 Å². The zero-order valence-corrected chi connectivity index (χ0v) is 11.4. The second kappa shape index (κ2) is 5.59. The Morgan fingerprint density at radius 3 is 2.38 bits per heavy atom. The normalized spacial score (nSPS) is 13.0. The molecule has 0 radical (unpaired) electrons. The predicted octanol–water partition coefficient (Wildman–Crippen LogP) is 3.49. The van der Waals surface area contributed by atoms with Crippen LogP contribution in [0.2, 0.25) is 0 Å². The van der Waals surface area contributed by atoms with Gasteiger partial charge < -0.3 is 9.84 Å². The molecule has 1 aromatic heterocycles. The van der Waals surface area contributed by atoms with Crippen LogP contribution in [-0.4, -0.2) is 11.1 Å². The van der Waals surface area contributed by atoms with Gasteiger partial charge >= 0.3 is 6.18 Å². The number of aromatic nitrogens is 1. The Morgan fingerprint density at radius 1 is 1.29 bits per heavy atom. The van der Waals surface area contributed by atoms with Crippen LogP contribution in [0.5, 0.6) is 0 Å². The summed E-state index contributed by atoms with van der Waals surface area (Å²) in [7, 11) is 0. The number of hydrogen-bond donors (Lipinski definition) is 1. The number of amides is 1. The quantitative estimate of drug-likeness (QED) is 0.943. The largest absolute Gasteiger partial charge is 0.416 e. The third-order valence-corrected chi connectivity index (χ3v) is 2.94. The van der Waals surface area contributed by atoms with Crippen molar-refractivity contribution in [1.82, 2.24) is 10.5 Å². The highest BCUT2D eigenvalue weighted by molar-refractivity contribution is 5.91. The predicted molar refractivity (Wildman–Crippen MR) is 68.6 cm³/mol. The second-order valence-corrected chi connectivity index (χ2v) is 4.65. The molecule has 7 heteroatoms. The summed E-state index contributed by atoms with van der Waals surface area (Å²) in [4.78, 5) is 11.8. The van der Waals surface area contributed by atoms with E-state index < -0.39 is 23.7 Å². The minimum absolute atomic E-state index is 0.0614. The van der Waals surface area contributed by atoms with E-state index in [0.29, 0.717) is 11.3 Å². The lowest BCUT2D eigenvalue weighted by Crippen LogP contribution is -2.26. The first-order valence-corrected chi connectivity index (χ1v) is 6.18. The first-order valence-electron chi connectivity index (χ1n) is 6.18. The molecule has 1 amide bonds. The van der Waals surface area contributed by atoms with E-state index >= 15 is 0 Å². The standard InChI is InChI=1S/C14H13F3N2O2/c1-8-7-12(21-19-8)13(20)18-9(2)10-3-5-11(6-4-10)14(15,16)17/h3-7,9H,1-2H3,(H,18,20). The van der Waals surface area contributed by atoms with Gasteiger partial charge in [0.05, 0.1) is 17.3 Å². The number of carbonyl (C=O) groups is 1. The second-order valence-electron chi connectivity index (χ2n) is 4.65. The van der Waals surface area contributed by atoms with E-state index in [-0.39, 0.29) is 5.76 Å². The molecule has 1 atom stereocenters. The third-order valence-electron chi connectivity index (χ3n) is 2.94. The molecule has 4 nitrogen and oxygen atoms in total. The summed E-state index contributed by atoms with van der Waals surface area (Å²) in [6, 6.07) is 5.66. The maximum absolute atomic E-state index is 12.5. The fourth-order valence-electron chi connectivity index (χ4n) is 1.78. The van der Waals surface area contributed by atoms with E-state index in [4.69, 9.17) is 4.52 Å². The van der Waals surface area contributed by atoms with Crippen molar-refractivity contribution in [3.63, 3.8) is 0 Å². The Hall–Kier alpha value is -2.31. The van der Waals surface area contributed by atoms with E-state index in [0.717, 1.165) is 12.1 Å². The Kier molecular flexibility index (Phi) is 4.02. The Bertz CT molecular complexity index is 632. The van der Waals surface area contributed by atoms with Crippen LogP contribution in [-0.2, 0) is 6.18 Å². The molecule has 0 saturated heterocycles. The van der Waals surface area contributed by atoms with Gasteiger partial charge in [-0.25, -0.2) is 0 Å². The maximum Gasteiger partial charge on any atom is 0.416 e. The number of aryl methyl sites for hydroxylation is 1. The molecule has 0 aliphatic rings. The van der Waals surface area contributed by atoms with Crippen molar-refractivity contribution in [1.29, 1.82) is 0 Å². The summed E-state index contributed by atoms with van der Waals surface area (Å²) in [5.74, 6) is -0.408. The summed E-state index contributed by atoms with van der Waals surface area (Å²) in [5.41, 5.74) is 0.408. The van der Waals surface area contributed by atoms with Crippen molar-refractivity contribution in [3.05, 3.63) is 52.9 Å². The number of nitrogens with one attached hydrogen (secondary N) is 1. The molecule has 2 aromatic rings. The van der Waals surface area contributed by atoms with E-state index in [2.05, 4.69) is 10.5 Å². The van der Waals surface area contributed by atoms with Gasteiger partial charge in [0.15, 0.2) is 0 Å². The lowest BCUT2D eigenvalue weighted by atomic mass is 10.1. The van der Waals surface area contributed by atoms with Crippen molar-refractivity contribution >= 4 is 5.91 Å². The van der Waals surface area contributed by atoms with Gasteiger partial charge in [-0.05, 0) is 31.5 Å². The number of halogens is 3. The van der Waals surface area contributed by atoms with Crippen LogP contribution in [0.25, 0.3) is 0 Å². The van der Waals surface area contributed by atoms with E-state index in [1.807, 2.05) is 0 Å². The molecule has 21 heavy (non-hydrogen) atoms. The highest BCUT2D eigenvalue weighted by atomic mass is 19.4. The Morgan fingerprint density at radius 2 is 1.90 bits per heavy atom. The smallest absolute Gasteiger partial charge is 0.351 e. The molecule has 112 valence electrons. The topological polar surface area (TPSA) is 55.1 Å². The summed E-state index contributed by atoms with van der Waals surface area (Å²) in [5, 5.41) is 6.23. The fourth-order valence-corrected chi connectivity index (χ4v) is 1.78. The highest BCUT2D eigenvalue weighted by Crippen LogP contribution is 2.29. The summed E-state index contributed by atoms with van der Waals surface area (Å²) >= 11 is 0. The molecule has 0 aliphatic heterocycles. The lowest BCUT2D eigenvalue weighted by Gasteiger charge is -2.14. The molecule has 1 N–H and O–H groups in total. The average Bonchev–Trinajstić information content (AvgIpc) is 2.84. The zero-order chi connectivity index (χ0) is 15.6. The van der Waals surface area contributed by atoms with E-state index in [9.17, 15) is 18.0 Å². The van der Waals surface area contributed by atoms with Crippen LogP contribution >= 0.6 is 0 Å². The summed E-state index contributed by atoms with van der Waals surface area (Å²) in [6.45, 7) is 3.35. The SMILES string of the molecule is Cc1cc(C(=O)NC(C)c2ccc(C(F)(F)F)cc2)on1. The molecule has 1 aromatic carbocycles. The molecular weight excluding hydrogens is 285 g/mol. The van der Waals surface area contributed by atoms with Crippen molar-refractivity contribution in [2.75, 3.05) is 0 Å². The van der Waals surface area contributed by atoms with Crippen molar-refractivity contribution < 1.29 is 22.5 Å².